The molecule has 4 heteroatoms. The third-order valence-electron chi connectivity index (χ3n) is 3.91. The van der Waals surface area contributed by atoms with E-state index in [4.69, 9.17) is 4.74 Å². The summed E-state index contributed by atoms with van der Waals surface area (Å²) < 4.78 is 6.25. The third-order valence-corrected chi connectivity index (χ3v) is 4.60. The molecule has 1 aromatic rings. The summed E-state index contributed by atoms with van der Waals surface area (Å²) in [6, 6.07) is 5.53. The highest BCUT2D eigenvalue weighted by atomic mass is 79.9. The standard InChI is InChI=1S/C14H16BrNO2/c1-2-18-10-3-4-12(15)11(5-10)13(17)16-14-6-9(7-14)8-14/h3-5,9H,2,6-8H2,1H3,(H,16,17). The van der Waals surface area contributed by atoms with Crippen molar-refractivity contribution in [2.24, 2.45) is 5.92 Å². The van der Waals surface area contributed by atoms with E-state index in [1.807, 2.05) is 19.1 Å². The maximum Gasteiger partial charge on any atom is 0.252 e. The van der Waals surface area contributed by atoms with Gasteiger partial charge in [0.2, 0.25) is 0 Å². The molecule has 3 fully saturated rings. The first-order chi connectivity index (χ1) is 8.62. The minimum Gasteiger partial charge on any atom is -0.494 e. The molecule has 96 valence electrons. The molecular formula is C14H16BrNO2. The van der Waals surface area contributed by atoms with Crippen LogP contribution in [0.4, 0.5) is 0 Å². The van der Waals surface area contributed by atoms with Crippen LogP contribution in [0.15, 0.2) is 22.7 Å². The topological polar surface area (TPSA) is 38.3 Å². The molecule has 1 amide bonds. The maximum absolute atomic E-state index is 12.3. The van der Waals surface area contributed by atoms with Crippen LogP contribution in [0.1, 0.15) is 36.5 Å². The summed E-state index contributed by atoms with van der Waals surface area (Å²) >= 11 is 3.43. The Hall–Kier alpha value is -1.03. The summed E-state index contributed by atoms with van der Waals surface area (Å²) in [4.78, 5) is 12.3. The van der Waals surface area contributed by atoms with Crippen molar-refractivity contribution in [2.75, 3.05) is 6.61 Å². The van der Waals surface area contributed by atoms with Gasteiger partial charge in [0.05, 0.1) is 12.2 Å². The van der Waals surface area contributed by atoms with Gasteiger partial charge in [-0.1, -0.05) is 0 Å². The molecule has 0 heterocycles. The zero-order chi connectivity index (χ0) is 12.8. The molecule has 0 aromatic heterocycles. The maximum atomic E-state index is 12.3. The number of ether oxygens (including phenoxy) is 1. The van der Waals surface area contributed by atoms with Gasteiger partial charge >= 0.3 is 0 Å². The molecule has 0 saturated heterocycles. The van der Waals surface area contributed by atoms with E-state index >= 15 is 0 Å². The van der Waals surface area contributed by atoms with Crippen molar-refractivity contribution >= 4 is 21.8 Å². The van der Waals surface area contributed by atoms with Gasteiger partial charge in [0.15, 0.2) is 0 Å². The minimum atomic E-state index is 0.00146. The first-order valence-corrected chi connectivity index (χ1v) is 7.16. The number of nitrogens with one attached hydrogen (secondary N) is 1. The Balaban J connectivity index is 1.76. The van der Waals surface area contributed by atoms with Crippen LogP contribution in [0.5, 0.6) is 5.75 Å². The van der Waals surface area contributed by atoms with Crippen LogP contribution in [0, 0.1) is 5.92 Å². The summed E-state index contributed by atoms with van der Waals surface area (Å²) in [5.74, 6) is 1.61. The van der Waals surface area contributed by atoms with Crippen molar-refractivity contribution in [1.82, 2.24) is 5.32 Å². The number of halogens is 1. The molecule has 3 aliphatic rings. The predicted molar refractivity (Wildman–Crippen MR) is 72.8 cm³/mol. The Morgan fingerprint density at radius 1 is 1.50 bits per heavy atom. The minimum absolute atomic E-state index is 0.00146. The van der Waals surface area contributed by atoms with Crippen molar-refractivity contribution in [3.63, 3.8) is 0 Å². The lowest BCUT2D eigenvalue weighted by atomic mass is 9.50. The van der Waals surface area contributed by atoms with Gasteiger partial charge in [-0.15, -0.1) is 0 Å². The SMILES string of the molecule is CCOc1ccc(Br)c(C(=O)NC23CC(C2)C3)c1. The zero-order valence-corrected chi connectivity index (χ0v) is 11.9. The molecule has 4 rings (SSSR count). The molecule has 18 heavy (non-hydrogen) atoms. The van der Waals surface area contributed by atoms with E-state index in [2.05, 4.69) is 21.2 Å². The van der Waals surface area contributed by atoms with Gasteiger partial charge in [-0.05, 0) is 66.2 Å². The first kappa shape index (κ1) is 12.0. The van der Waals surface area contributed by atoms with Gasteiger partial charge in [0.1, 0.15) is 5.75 Å². The summed E-state index contributed by atoms with van der Waals surface area (Å²) in [6.07, 6.45) is 3.46. The molecule has 3 nitrogen and oxygen atoms in total. The molecule has 0 spiro atoms. The molecule has 0 aliphatic heterocycles. The van der Waals surface area contributed by atoms with Crippen LogP contribution >= 0.6 is 15.9 Å². The largest absolute Gasteiger partial charge is 0.494 e. The Morgan fingerprint density at radius 2 is 2.22 bits per heavy atom. The van der Waals surface area contributed by atoms with Crippen molar-refractivity contribution in [2.45, 2.75) is 31.7 Å². The Bertz CT molecular complexity index is 484. The lowest BCUT2D eigenvalue weighted by molar-refractivity contribution is -0.0438. The number of hydrogen-bond donors (Lipinski definition) is 1. The Labute approximate surface area is 115 Å². The number of carbonyl (C=O) groups excluding carboxylic acids is 1. The second-order valence-corrected chi connectivity index (χ2v) is 6.14. The number of rotatable bonds is 4. The summed E-state index contributed by atoms with van der Waals surface area (Å²) in [5.41, 5.74) is 0.772. The van der Waals surface area contributed by atoms with Gasteiger partial charge in [-0.3, -0.25) is 4.79 Å². The highest BCUT2D eigenvalue weighted by Gasteiger charge is 2.57. The van der Waals surface area contributed by atoms with Crippen molar-refractivity contribution in [3.05, 3.63) is 28.2 Å². The first-order valence-electron chi connectivity index (χ1n) is 6.37. The summed E-state index contributed by atoms with van der Waals surface area (Å²) in [7, 11) is 0. The van der Waals surface area contributed by atoms with E-state index < -0.39 is 0 Å². The van der Waals surface area contributed by atoms with Crippen LogP contribution in [-0.4, -0.2) is 18.1 Å². The fourth-order valence-electron chi connectivity index (χ4n) is 2.87. The van der Waals surface area contributed by atoms with Crippen molar-refractivity contribution in [1.29, 1.82) is 0 Å². The number of benzene rings is 1. The normalized spacial score (nSPS) is 28.0. The van der Waals surface area contributed by atoms with Crippen molar-refractivity contribution < 1.29 is 9.53 Å². The third kappa shape index (κ3) is 1.92. The van der Waals surface area contributed by atoms with Crippen LogP contribution in [0.2, 0.25) is 0 Å². The van der Waals surface area contributed by atoms with E-state index in [9.17, 15) is 4.79 Å². The van der Waals surface area contributed by atoms with E-state index in [0.717, 1.165) is 35.4 Å². The van der Waals surface area contributed by atoms with Gasteiger partial charge < -0.3 is 10.1 Å². The van der Waals surface area contributed by atoms with Crippen LogP contribution in [-0.2, 0) is 0 Å². The average molecular weight is 310 g/mol. The van der Waals surface area contributed by atoms with E-state index in [1.54, 1.807) is 6.07 Å². The lowest BCUT2D eigenvalue weighted by Crippen LogP contribution is -2.68. The summed E-state index contributed by atoms with van der Waals surface area (Å²) in [5, 5.41) is 3.16. The smallest absolute Gasteiger partial charge is 0.252 e. The molecule has 3 aliphatic carbocycles. The monoisotopic (exact) mass is 309 g/mol. The van der Waals surface area contributed by atoms with Gasteiger partial charge in [-0.25, -0.2) is 0 Å². The van der Waals surface area contributed by atoms with E-state index in [0.29, 0.717) is 12.2 Å². The van der Waals surface area contributed by atoms with Crippen molar-refractivity contribution in [3.8, 4) is 5.75 Å². The quantitative estimate of drug-likeness (QED) is 0.928. The molecule has 0 unspecified atom stereocenters. The molecule has 2 bridgehead atoms. The van der Waals surface area contributed by atoms with E-state index in [-0.39, 0.29) is 11.4 Å². The zero-order valence-electron chi connectivity index (χ0n) is 10.3. The Kier molecular flexibility index (Phi) is 2.85. The molecule has 1 aromatic carbocycles. The molecule has 0 radical (unpaired) electrons. The fourth-order valence-corrected chi connectivity index (χ4v) is 3.30. The second-order valence-electron chi connectivity index (χ2n) is 5.29. The second kappa shape index (κ2) is 4.26. The highest BCUT2D eigenvalue weighted by Crippen LogP contribution is 2.57. The number of carbonyl (C=O) groups is 1. The van der Waals surface area contributed by atoms with E-state index in [1.165, 1.54) is 0 Å². The fraction of sp³-hybridized carbons (Fsp3) is 0.500. The van der Waals surface area contributed by atoms with Gasteiger partial charge in [0.25, 0.3) is 5.91 Å². The molecule has 3 saturated carbocycles. The Morgan fingerprint density at radius 3 is 2.78 bits per heavy atom. The highest BCUT2D eigenvalue weighted by molar-refractivity contribution is 9.10. The summed E-state index contributed by atoms with van der Waals surface area (Å²) in [6.45, 7) is 2.54. The molecular weight excluding hydrogens is 294 g/mol. The van der Waals surface area contributed by atoms with Crippen LogP contribution in [0.3, 0.4) is 0 Å². The van der Waals surface area contributed by atoms with Crippen LogP contribution in [0.25, 0.3) is 0 Å². The van der Waals surface area contributed by atoms with Gasteiger partial charge in [0, 0.05) is 10.0 Å². The lowest BCUT2D eigenvalue weighted by Gasteiger charge is -2.61. The van der Waals surface area contributed by atoms with Crippen LogP contribution < -0.4 is 10.1 Å². The average Bonchev–Trinajstić information content (AvgIpc) is 2.24. The number of hydrogen-bond acceptors (Lipinski definition) is 2. The van der Waals surface area contributed by atoms with Gasteiger partial charge in [-0.2, -0.15) is 0 Å². The molecule has 0 atom stereocenters. The predicted octanol–water partition coefficient (Wildman–Crippen LogP) is 3.13. The molecule has 1 N–H and O–H groups in total. The number of amides is 1.